The van der Waals surface area contributed by atoms with E-state index in [0.29, 0.717) is 12.1 Å². The van der Waals surface area contributed by atoms with Crippen LogP contribution < -0.4 is 10.2 Å². The van der Waals surface area contributed by atoms with Gasteiger partial charge in [-0.05, 0) is 44.7 Å². The van der Waals surface area contributed by atoms with Crippen LogP contribution >= 0.6 is 0 Å². The summed E-state index contributed by atoms with van der Waals surface area (Å²) in [6, 6.07) is 11.6. The number of fused-ring (bicyclic) bond motifs is 1. The molecule has 4 nitrogen and oxygen atoms in total. The predicted molar refractivity (Wildman–Crippen MR) is 99.0 cm³/mol. The van der Waals surface area contributed by atoms with Crippen molar-refractivity contribution in [3.8, 4) is 0 Å². The van der Waals surface area contributed by atoms with E-state index in [1.165, 1.54) is 43.4 Å². The van der Waals surface area contributed by atoms with Crippen molar-refractivity contribution in [1.29, 1.82) is 0 Å². The summed E-state index contributed by atoms with van der Waals surface area (Å²) in [6.45, 7) is 4.31. The highest BCUT2D eigenvalue weighted by atomic mass is 15.3. The summed E-state index contributed by atoms with van der Waals surface area (Å²) >= 11 is 0. The lowest BCUT2D eigenvalue weighted by Crippen LogP contribution is -2.27. The van der Waals surface area contributed by atoms with E-state index in [4.69, 9.17) is 9.97 Å². The molecule has 126 valence electrons. The number of aromatic nitrogens is 2. The lowest BCUT2D eigenvalue weighted by molar-refractivity contribution is 0.462. The summed E-state index contributed by atoms with van der Waals surface area (Å²) < 4.78 is 0. The van der Waals surface area contributed by atoms with Gasteiger partial charge < -0.3 is 10.2 Å². The Morgan fingerprint density at radius 1 is 1.08 bits per heavy atom. The van der Waals surface area contributed by atoms with Gasteiger partial charge in [-0.2, -0.15) is 4.98 Å². The van der Waals surface area contributed by atoms with E-state index >= 15 is 0 Å². The van der Waals surface area contributed by atoms with Crippen LogP contribution in [0.5, 0.6) is 0 Å². The average Bonchev–Trinajstić information content (AvgIpc) is 2.91. The van der Waals surface area contributed by atoms with Gasteiger partial charge in [0.1, 0.15) is 5.82 Å². The Morgan fingerprint density at radius 2 is 1.88 bits per heavy atom. The first-order valence-electron chi connectivity index (χ1n) is 9.20. The largest absolute Gasteiger partial charge is 0.367 e. The molecule has 0 radical (unpaired) electrons. The first-order valence-corrected chi connectivity index (χ1v) is 9.20. The van der Waals surface area contributed by atoms with Crippen LogP contribution in [-0.2, 0) is 6.42 Å². The lowest BCUT2D eigenvalue weighted by Gasteiger charge is -2.26. The van der Waals surface area contributed by atoms with E-state index < -0.39 is 0 Å². The van der Waals surface area contributed by atoms with Crippen LogP contribution in [0.15, 0.2) is 30.3 Å². The first-order chi connectivity index (χ1) is 11.7. The fourth-order valence-corrected chi connectivity index (χ4v) is 4.06. The summed E-state index contributed by atoms with van der Waals surface area (Å²) in [5.41, 5.74) is 3.66. The van der Waals surface area contributed by atoms with Gasteiger partial charge in [0.2, 0.25) is 5.95 Å². The van der Waals surface area contributed by atoms with Crippen molar-refractivity contribution in [2.75, 3.05) is 10.2 Å². The Bertz CT molecular complexity index is 721. The summed E-state index contributed by atoms with van der Waals surface area (Å²) in [4.78, 5) is 11.9. The van der Waals surface area contributed by atoms with Gasteiger partial charge in [-0.3, -0.25) is 0 Å². The zero-order valence-corrected chi connectivity index (χ0v) is 14.6. The first kappa shape index (κ1) is 15.4. The van der Waals surface area contributed by atoms with Crippen LogP contribution in [-0.4, -0.2) is 22.1 Å². The van der Waals surface area contributed by atoms with Crippen LogP contribution in [0.3, 0.4) is 0 Å². The Labute approximate surface area is 144 Å². The van der Waals surface area contributed by atoms with Crippen LogP contribution in [0.4, 0.5) is 17.5 Å². The number of hydrogen-bond acceptors (Lipinski definition) is 4. The third-order valence-electron chi connectivity index (χ3n) is 5.22. The average molecular weight is 322 g/mol. The van der Waals surface area contributed by atoms with Gasteiger partial charge in [0, 0.05) is 29.5 Å². The summed E-state index contributed by atoms with van der Waals surface area (Å²) in [5.74, 6) is 1.80. The maximum Gasteiger partial charge on any atom is 0.232 e. The molecule has 1 fully saturated rings. The molecule has 2 aromatic rings. The van der Waals surface area contributed by atoms with Crippen LogP contribution in [0, 0.1) is 6.92 Å². The molecule has 4 rings (SSSR count). The van der Waals surface area contributed by atoms with Crippen molar-refractivity contribution in [1.82, 2.24) is 9.97 Å². The topological polar surface area (TPSA) is 41.1 Å². The Balaban J connectivity index is 1.63. The molecule has 1 aliphatic heterocycles. The third kappa shape index (κ3) is 2.97. The van der Waals surface area contributed by atoms with Crippen molar-refractivity contribution in [3.05, 3.63) is 41.6 Å². The van der Waals surface area contributed by atoms with E-state index in [-0.39, 0.29) is 0 Å². The quantitative estimate of drug-likeness (QED) is 0.896. The zero-order chi connectivity index (χ0) is 16.5. The minimum absolute atomic E-state index is 0.395. The highest BCUT2D eigenvalue weighted by Gasteiger charge is 2.29. The third-order valence-corrected chi connectivity index (χ3v) is 5.22. The smallest absolute Gasteiger partial charge is 0.232 e. The summed E-state index contributed by atoms with van der Waals surface area (Å²) in [7, 11) is 0. The maximum absolute atomic E-state index is 4.86. The summed E-state index contributed by atoms with van der Waals surface area (Å²) in [6.07, 6.45) is 7.58. The molecule has 1 atom stereocenters. The number of nitrogens with one attached hydrogen (secondary N) is 1. The second kappa shape index (κ2) is 6.42. The van der Waals surface area contributed by atoms with Gasteiger partial charge in [-0.25, -0.2) is 4.98 Å². The van der Waals surface area contributed by atoms with Gasteiger partial charge in [-0.15, -0.1) is 0 Å². The number of nitrogens with zero attached hydrogens (tertiary/aromatic N) is 3. The molecule has 1 unspecified atom stereocenters. The second-order valence-corrected chi connectivity index (χ2v) is 7.23. The molecule has 1 aliphatic carbocycles. The van der Waals surface area contributed by atoms with E-state index in [0.717, 1.165) is 23.9 Å². The predicted octanol–water partition coefficient (Wildman–Crippen LogP) is 4.61. The van der Waals surface area contributed by atoms with E-state index in [1.807, 2.05) is 0 Å². The minimum atomic E-state index is 0.395. The van der Waals surface area contributed by atoms with Crippen molar-refractivity contribution in [2.24, 2.45) is 0 Å². The van der Waals surface area contributed by atoms with Crippen molar-refractivity contribution in [2.45, 2.75) is 64.5 Å². The number of anilines is 3. The molecule has 1 saturated carbocycles. The molecule has 24 heavy (non-hydrogen) atoms. The van der Waals surface area contributed by atoms with Crippen molar-refractivity contribution < 1.29 is 0 Å². The fourth-order valence-electron chi connectivity index (χ4n) is 4.06. The van der Waals surface area contributed by atoms with E-state index in [9.17, 15) is 0 Å². The molecule has 0 bridgehead atoms. The van der Waals surface area contributed by atoms with E-state index in [2.05, 4.69) is 54.4 Å². The normalized spacial score (nSPS) is 20.9. The zero-order valence-electron chi connectivity index (χ0n) is 14.6. The SMILES string of the molecule is Cc1cc(NC2CCCCC2)nc(N2c3ccccc3CC2C)n1. The molecule has 4 heteroatoms. The molecule has 1 aromatic heterocycles. The Kier molecular flexibility index (Phi) is 4.13. The number of rotatable bonds is 3. The van der Waals surface area contributed by atoms with Gasteiger partial charge >= 0.3 is 0 Å². The maximum atomic E-state index is 4.86. The molecule has 0 amide bonds. The van der Waals surface area contributed by atoms with Crippen molar-refractivity contribution in [3.63, 3.8) is 0 Å². The molecule has 1 N–H and O–H groups in total. The highest BCUT2D eigenvalue weighted by molar-refractivity contribution is 5.67. The lowest BCUT2D eigenvalue weighted by atomic mass is 9.95. The molecule has 0 spiro atoms. The minimum Gasteiger partial charge on any atom is -0.367 e. The summed E-state index contributed by atoms with van der Waals surface area (Å²) in [5, 5.41) is 3.65. The Morgan fingerprint density at radius 3 is 2.71 bits per heavy atom. The molecule has 1 aromatic carbocycles. The van der Waals surface area contributed by atoms with E-state index in [1.54, 1.807) is 0 Å². The highest BCUT2D eigenvalue weighted by Crippen LogP contribution is 2.36. The molecule has 2 aliphatic rings. The van der Waals surface area contributed by atoms with Crippen molar-refractivity contribution >= 4 is 17.5 Å². The monoisotopic (exact) mass is 322 g/mol. The number of benzene rings is 1. The van der Waals surface area contributed by atoms with Crippen LogP contribution in [0.25, 0.3) is 0 Å². The standard InChI is InChI=1S/C20H26N4/c1-14-12-19(22-17-9-4-3-5-10-17)23-20(21-14)24-15(2)13-16-8-6-7-11-18(16)24/h6-8,11-12,15,17H,3-5,9-10,13H2,1-2H3,(H,21,22,23). The second-order valence-electron chi connectivity index (χ2n) is 7.23. The van der Waals surface area contributed by atoms with Gasteiger partial charge in [0.15, 0.2) is 0 Å². The number of aryl methyl sites for hydroxylation is 1. The molecular weight excluding hydrogens is 296 g/mol. The number of para-hydroxylation sites is 1. The molecular formula is C20H26N4. The Hall–Kier alpha value is -2.10. The van der Waals surface area contributed by atoms with Gasteiger partial charge in [0.25, 0.3) is 0 Å². The molecule has 0 saturated heterocycles. The van der Waals surface area contributed by atoms with Crippen LogP contribution in [0.2, 0.25) is 0 Å². The number of hydrogen-bond donors (Lipinski definition) is 1. The molecule has 2 heterocycles. The van der Waals surface area contributed by atoms with Gasteiger partial charge in [0.05, 0.1) is 0 Å². The fraction of sp³-hybridized carbons (Fsp3) is 0.500. The van der Waals surface area contributed by atoms with Crippen LogP contribution in [0.1, 0.15) is 50.3 Å². The van der Waals surface area contributed by atoms with Gasteiger partial charge in [-0.1, -0.05) is 37.5 Å².